The predicted molar refractivity (Wildman–Crippen MR) is 71.9 cm³/mol. The highest BCUT2D eigenvalue weighted by molar-refractivity contribution is 5.75. The third-order valence-corrected chi connectivity index (χ3v) is 3.41. The molecule has 0 amide bonds. The number of benzene rings is 1. The van der Waals surface area contributed by atoms with Gasteiger partial charge in [-0.3, -0.25) is 0 Å². The van der Waals surface area contributed by atoms with Gasteiger partial charge in [0, 0.05) is 13.1 Å². The van der Waals surface area contributed by atoms with Crippen molar-refractivity contribution >= 4 is 11.0 Å². The Morgan fingerprint density at radius 1 is 1.24 bits per heavy atom. The number of aromatic nitrogens is 2. The molecule has 2 rings (SSSR count). The van der Waals surface area contributed by atoms with Crippen LogP contribution in [0, 0.1) is 0 Å². The Labute approximate surface area is 103 Å². The quantitative estimate of drug-likeness (QED) is 0.857. The van der Waals surface area contributed by atoms with Crippen molar-refractivity contribution in [3.05, 3.63) is 30.1 Å². The summed E-state index contributed by atoms with van der Waals surface area (Å²) in [6, 6.07) is 8.86. The van der Waals surface area contributed by atoms with Crippen molar-refractivity contribution in [3.8, 4) is 0 Å². The van der Waals surface area contributed by atoms with Crippen molar-refractivity contribution in [3.63, 3.8) is 0 Å². The second kappa shape index (κ2) is 5.32. The number of rotatable bonds is 5. The minimum absolute atomic E-state index is 0.592. The first kappa shape index (κ1) is 12.1. The van der Waals surface area contributed by atoms with Gasteiger partial charge in [0.05, 0.1) is 17.6 Å². The van der Waals surface area contributed by atoms with E-state index in [4.69, 9.17) is 0 Å². The van der Waals surface area contributed by atoms with Crippen LogP contribution < -0.4 is 5.32 Å². The lowest BCUT2D eigenvalue weighted by Gasteiger charge is -2.14. The fraction of sp³-hybridized carbons (Fsp3) is 0.500. The van der Waals surface area contributed by atoms with Gasteiger partial charge in [-0.15, -0.1) is 0 Å². The van der Waals surface area contributed by atoms with Crippen LogP contribution in [0.4, 0.5) is 0 Å². The molecule has 1 aromatic carbocycles. The van der Waals surface area contributed by atoms with Crippen LogP contribution in [-0.2, 0) is 13.6 Å². The van der Waals surface area contributed by atoms with E-state index in [1.165, 1.54) is 18.4 Å². The molecular weight excluding hydrogens is 210 g/mol. The Bertz CT molecular complexity index is 483. The zero-order valence-electron chi connectivity index (χ0n) is 10.9. The first-order chi connectivity index (χ1) is 8.26. The molecule has 0 bridgehead atoms. The average molecular weight is 231 g/mol. The molecular formula is C14H21N3. The summed E-state index contributed by atoms with van der Waals surface area (Å²) in [7, 11) is 2.08. The molecule has 17 heavy (non-hydrogen) atoms. The normalized spacial score (nSPS) is 11.5. The van der Waals surface area contributed by atoms with Crippen LogP contribution in [-0.4, -0.2) is 15.6 Å². The van der Waals surface area contributed by atoms with Gasteiger partial charge in [-0.25, -0.2) is 4.98 Å². The van der Waals surface area contributed by atoms with Crippen molar-refractivity contribution < 1.29 is 0 Å². The van der Waals surface area contributed by atoms with E-state index < -0.39 is 0 Å². The maximum absolute atomic E-state index is 4.65. The first-order valence-electron chi connectivity index (χ1n) is 6.40. The standard InChI is InChI=1S/C14H21N3/c1-4-11(5-2)15-10-14-16-12-8-6-7-9-13(12)17(14)3/h6-9,11,15H,4-5,10H2,1-3H3. The third-order valence-electron chi connectivity index (χ3n) is 3.41. The van der Waals surface area contributed by atoms with Gasteiger partial charge in [-0.05, 0) is 25.0 Å². The molecule has 3 heteroatoms. The Morgan fingerprint density at radius 3 is 2.59 bits per heavy atom. The zero-order valence-corrected chi connectivity index (χ0v) is 10.9. The number of fused-ring (bicyclic) bond motifs is 1. The number of aryl methyl sites for hydroxylation is 1. The predicted octanol–water partition coefficient (Wildman–Crippen LogP) is 2.85. The molecule has 0 aliphatic carbocycles. The van der Waals surface area contributed by atoms with Crippen LogP contribution in [0.5, 0.6) is 0 Å². The lowest BCUT2D eigenvalue weighted by Crippen LogP contribution is -2.28. The van der Waals surface area contributed by atoms with Crippen LogP contribution >= 0.6 is 0 Å². The first-order valence-corrected chi connectivity index (χ1v) is 6.40. The van der Waals surface area contributed by atoms with Crippen LogP contribution in [0.2, 0.25) is 0 Å². The Kier molecular flexibility index (Phi) is 3.79. The molecule has 92 valence electrons. The summed E-state index contributed by atoms with van der Waals surface area (Å²) in [4.78, 5) is 4.65. The second-order valence-electron chi connectivity index (χ2n) is 4.47. The number of hydrogen-bond acceptors (Lipinski definition) is 2. The maximum atomic E-state index is 4.65. The van der Waals surface area contributed by atoms with E-state index in [1.54, 1.807) is 0 Å². The van der Waals surface area contributed by atoms with Gasteiger partial charge >= 0.3 is 0 Å². The molecule has 1 heterocycles. The monoisotopic (exact) mass is 231 g/mol. The van der Waals surface area contributed by atoms with Crippen molar-refractivity contribution in [2.75, 3.05) is 0 Å². The van der Waals surface area contributed by atoms with Gasteiger partial charge < -0.3 is 9.88 Å². The Morgan fingerprint density at radius 2 is 1.94 bits per heavy atom. The van der Waals surface area contributed by atoms with Gasteiger partial charge in [-0.2, -0.15) is 0 Å². The summed E-state index contributed by atoms with van der Waals surface area (Å²) in [5, 5.41) is 3.55. The summed E-state index contributed by atoms with van der Waals surface area (Å²) < 4.78 is 2.17. The molecule has 0 atom stereocenters. The van der Waals surface area contributed by atoms with E-state index in [2.05, 4.69) is 54.0 Å². The van der Waals surface area contributed by atoms with Gasteiger partial charge in [-0.1, -0.05) is 26.0 Å². The number of hydrogen-bond donors (Lipinski definition) is 1. The van der Waals surface area contributed by atoms with E-state index in [9.17, 15) is 0 Å². The topological polar surface area (TPSA) is 29.9 Å². The summed E-state index contributed by atoms with van der Waals surface area (Å²) >= 11 is 0. The molecule has 1 N–H and O–H groups in total. The van der Waals surface area contributed by atoms with E-state index in [0.717, 1.165) is 17.9 Å². The fourth-order valence-corrected chi connectivity index (χ4v) is 2.17. The fourth-order valence-electron chi connectivity index (χ4n) is 2.17. The van der Waals surface area contributed by atoms with Crippen molar-refractivity contribution in [2.24, 2.45) is 7.05 Å². The third kappa shape index (κ3) is 2.50. The minimum atomic E-state index is 0.592. The molecule has 3 nitrogen and oxygen atoms in total. The van der Waals surface area contributed by atoms with Crippen molar-refractivity contribution in [2.45, 2.75) is 39.3 Å². The Hall–Kier alpha value is -1.35. The number of para-hydroxylation sites is 2. The Balaban J connectivity index is 2.16. The SMILES string of the molecule is CCC(CC)NCc1nc2ccccc2n1C. The van der Waals surface area contributed by atoms with Gasteiger partial charge in [0.25, 0.3) is 0 Å². The number of nitrogens with one attached hydrogen (secondary N) is 1. The van der Waals surface area contributed by atoms with E-state index in [0.29, 0.717) is 6.04 Å². The molecule has 0 unspecified atom stereocenters. The van der Waals surface area contributed by atoms with E-state index in [1.807, 2.05) is 6.07 Å². The molecule has 2 aromatic rings. The van der Waals surface area contributed by atoms with Gasteiger partial charge in [0.15, 0.2) is 0 Å². The molecule has 0 fully saturated rings. The maximum Gasteiger partial charge on any atom is 0.123 e. The molecule has 0 aliphatic rings. The summed E-state index contributed by atoms with van der Waals surface area (Å²) in [6.07, 6.45) is 2.33. The number of imidazole rings is 1. The van der Waals surface area contributed by atoms with Crippen LogP contribution in [0.1, 0.15) is 32.5 Å². The van der Waals surface area contributed by atoms with Crippen LogP contribution in [0.15, 0.2) is 24.3 Å². The largest absolute Gasteiger partial charge is 0.330 e. The summed E-state index contributed by atoms with van der Waals surface area (Å²) in [5.74, 6) is 1.11. The zero-order chi connectivity index (χ0) is 12.3. The van der Waals surface area contributed by atoms with Crippen molar-refractivity contribution in [1.82, 2.24) is 14.9 Å². The van der Waals surface area contributed by atoms with Crippen molar-refractivity contribution in [1.29, 1.82) is 0 Å². The number of nitrogens with zero attached hydrogens (tertiary/aromatic N) is 2. The summed E-state index contributed by atoms with van der Waals surface area (Å²) in [6.45, 7) is 5.28. The lowest BCUT2D eigenvalue weighted by molar-refractivity contribution is 0.472. The molecule has 0 saturated carbocycles. The lowest BCUT2D eigenvalue weighted by atomic mass is 10.2. The van der Waals surface area contributed by atoms with E-state index in [-0.39, 0.29) is 0 Å². The van der Waals surface area contributed by atoms with Crippen LogP contribution in [0.3, 0.4) is 0 Å². The van der Waals surface area contributed by atoms with E-state index >= 15 is 0 Å². The van der Waals surface area contributed by atoms with Crippen LogP contribution in [0.25, 0.3) is 11.0 Å². The highest BCUT2D eigenvalue weighted by Gasteiger charge is 2.08. The molecule has 0 radical (unpaired) electrons. The van der Waals surface area contributed by atoms with Gasteiger partial charge in [0.1, 0.15) is 5.82 Å². The summed E-state index contributed by atoms with van der Waals surface area (Å²) in [5.41, 5.74) is 2.28. The highest BCUT2D eigenvalue weighted by atomic mass is 15.1. The van der Waals surface area contributed by atoms with Gasteiger partial charge in [0.2, 0.25) is 0 Å². The average Bonchev–Trinajstić information content (AvgIpc) is 2.68. The molecule has 0 aliphatic heterocycles. The highest BCUT2D eigenvalue weighted by Crippen LogP contribution is 2.14. The molecule has 0 saturated heterocycles. The smallest absolute Gasteiger partial charge is 0.123 e. The second-order valence-corrected chi connectivity index (χ2v) is 4.47. The molecule has 0 spiro atoms. The molecule has 1 aromatic heterocycles. The minimum Gasteiger partial charge on any atom is -0.330 e.